The zero-order chi connectivity index (χ0) is 10.0. The number of carboxylic acids is 1. The summed E-state index contributed by atoms with van der Waals surface area (Å²) in [6.45, 7) is 0. The highest BCUT2D eigenvalue weighted by Gasteiger charge is 2.08. The van der Waals surface area contributed by atoms with Crippen molar-refractivity contribution in [1.82, 2.24) is 0 Å². The molecule has 0 atom stereocenters. The van der Waals surface area contributed by atoms with Crippen molar-refractivity contribution >= 4 is 17.3 Å². The van der Waals surface area contributed by atoms with Gasteiger partial charge in [0.2, 0.25) is 0 Å². The van der Waals surface area contributed by atoms with Crippen LogP contribution in [0.3, 0.4) is 0 Å². The first-order chi connectivity index (χ1) is 6.02. The number of nitro groups is 1. The van der Waals surface area contributed by atoms with E-state index in [2.05, 4.69) is 0 Å². The molecule has 0 aromatic heterocycles. The Morgan fingerprint density at radius 3 is 2.46 bits per heavy atom. The molecule has 13 heavy (non-hydrogen) atoms. The van der Waals surface area contributed by atoms with Gasteiger partial charge in [0.25, 0.3) is 5.69 Å². The molecule has 1 aromatic rings. The van der Waals surface area contributed by atoms with Gasteiger partial charge in [-0.2, -0.15) is 0 Å². The second kappa shape index (κ2) is 3.10. The van der Waals surface area contributed by atoms with Crippen molar-refractivity contribution in [3.05, 3.63) is 33.9 Å². The van der Waals surface area contributed by atoms with Gasteiger partial charge in [-0.05, 0) is 6.07 Å². The number of nitrogen functional groups attached to an aromatic ring is 1. The summed E-state index contributed by atoms with van der Waals surface area (Å²) in [6, 6.07) is 3.08. The Hall–Kier alpha value is -2.11. The lowest BCUT2D eigenvalue weighted by atomic mass is 10.1. The number of nitrogens with zero attached hydrogens (tertiary/aromatic N) is 1. The fourth-order valence-electron chi connectivity index (χ4n) is 0.850. The first-order valence-electron chi connectivity index (χ1n) is 3.27. The largest absolute Gasteiger partial charge is 0.545 e. The zero-order valence-electron chi connectivity index (χ0n) is 6.39. The van der Waals surface area contributed by atoms with Crippen LogP contribution < -0.4 is 10.8 Å². The van der Waals surface area contributed by atoms with Crippen molar-refractivity contribution in [3.63, 3.8) is 0 Å². The predicted octanol–water partition coefficient (Wildman–Crippen LogP) is -0.460. The molecule has 0 spiro atoms. The second-order valence-corrected chi connectivity index (χ2v) is 2.32. The molecule has 0 aliphatic carbocycles. The smallest absolute Gasteiger partial charge is 0.271 e. The Morgan fingerprint density at radius 2 is 2.08 bits per heavy atom. The van der Waals surface area contributed by atoms with E-state index in [4.69, 9.17) is 5.73 Å². The van der Waals surface area contributed by atoms with E-state index < -0.39 is 10.9 Å². The minimum absolute atomic E-state index is 0.172. The SMILES string of the molecule is Nc1cc([N+](=O)[O-])ccc1C(=O)[O-]. The molecule has 0 saturated carbocycles. The van der Waals surface area contributed by atoms with E-state index in [-0.39, 0.29) is 16.9 Å². The molecule has 0 unspecified atom stereocenters. The van der Waals surface area contributed by atoms with Gasteiger partial charge >= 0.3 is 0 Å². The number of carboxylic acid groups (broad SMARTS) is 1. The van der Waals surface area contributed by atoms with Crippen LogP contribution in [0, 0.1) is 10.1 Å². The maximum Gasteiger partial charge on any atom is 0.271 e. The minimum atomic E-state index is -1.45. The van der Waals surface area contributed by atoms with Crippen LogP contribution in [0.5, 0.6) is 0 Å². The molecule has 0 saturated heterocycles. The van der Waals surface area contributed by atoms with Crippen molar-refractivity contribution in [2.75, 3.05) is 5.73 Å². The molecule has 1 aromatic carbocycles. The van der Waals surface area contributed by atoms with E-state index >= 15 is 0 Å². The number of non-ortho nitro benzene ring substituents is 1. The monoisotopic (exact) mass is 181 g/mol. The zero-order valence-corrected chi connectivity index (χ0v) is 6.39. The molecular formula is C7H5N2O4-. The maximum absolute atomic E-state index is 10.3. The highest BCUT2D eigenvalue weighted by atomic mass is 16.6. The van der Waals surface area contributed by atoms with E-state index in [1.54, 1.807) is 0 Å². The summed E-state index contributed by atoms with van der Waals surface area (Å²) in [5, 5.41) is 20.6. The van der Waals surface area contributed by atoms with Crippen LogP contribution in [0.25, 0.3) is 0 Å². The fraction of sp³-hybridized carbons (Fsp3) is 0. The molecular weight excluding hydrogens is 176 g/mol. The Morgan fingerprint density at radius 1 is 1.46 bits per heavy atom. The third kappa shape index (κ3) is 1.73. The van der Waals surface area contributed by atoms with E-state index in [1.165, 1.54) is 0 Å². The molecule has 6 heteroatoms. The van der Waals surface area contributed by atoms with Gasteiger partial charge in [-0.15, -0.1) is 0 Å². The van der Waals surface area contributed by atoms with Crippen molar-refractivity contribution < 1.29 is 14.8 Å². The van der Waals surface area contributed by atoms with E-state index in [1.807, 2.05) is 0 Å². The Balaban J connectivity index is 3.20. The lowest BCUT2D eigenvalue weighted by Crippen LogP contribution is -2.23. The third-order valence-corrected chi connectivity index (χ3v) is 1.47. The van der Waals surface area contributed by atoms with Crippen LogP contribution in [-0.4, -0.2) is 10.9 Å². The number of hydrogen-bond donors (Lipinski definition) is 1. The number of hydrogen-bond acceptors (Lipinski definition) is 5. The fourth-order valence-corrected chi connectivity index (χ4v) is 0.850. The molecule has 0 amide bonds. The summed E-state index contributed by atoms with van der Waals surface area (Å²) in [5.74, 6) is -1.45. The number of aromatic carboxylic acids is 1. The van der Waals surface area contributed by atoms with Crippen LogP contribution in [0.4, 0.5) is 11.4 Å². The second-order valence-electron chi connectivity index (χ2n) is 2.32. The number of carbonyl (C=O) groups is 1. The van der Waals surface area contributed by atoms with Gasteiger partial charge in [0, 0.05) is 23.4 Å². The number of nitro benzene ring substituents is 1. The number of benzene rings is 1. The Labute approximate surface area is 72.7 Å². The number of rotatable bonds is 2. The van der Waals surface area contributed by atoms with Gasteiger partial charge in [-0.25, -0.2) is 0 Å². The van der Waals surface area contributed by atoms with Gasteiger partial charge < -0.3 is 15.6 Å². The van der Waals surface area contributed by atoms with Gasteiger partial charge in [0.15, 0.2) is 0 Å². The van der Waals surface area contributed by atoms with E-state index in [0.717, 1.165) is 18.2 Å². The number of carbonyl (C=O) groups excluding carboxylic acids is 1. The van der Waals surface area contributed by atoms with Crippen LogP contribution in [0.2, 0.25) is 0 Å². The summed E-state index contributed by atoms with van der Waals surface area (Å²) in [5.41, 5.74) is 4.57. The predicted molar refractivity (Wildman–Crippen MR) is 41.8 cm³/mol. The molecule has 0 radical (unpaired) electrons. The first-order valence-corrected chi connectivity index (χ1v) is 3.27. The summed E-state index contributed by atoms with van der Waals surface area (Å²) in [4.78, 5) is 19.9. The topological polar surface area (TPSA) is 109 Å². The van der Waals surface area contributed by atoms with Gasteiger partial charge in [-0.1, -0.05) is 0 Å². The van der Waals surface area contributed by atoms with Gasteiger partial charge in [0.1, 0.15) is 0 Å². The highest BCUT2D eigenvalue weighted by Crippen LogP contribution is 2.18. The maximum atomic E-state index is 10.3. The lowest BCUT2D eigenvalue weighted by molar-refractivity contribution is -0.384. The lowest BCUT2D eigenvalue weighted by Gasteiger charge is -2.04. The van der Waals surface area contributed by atoms with Crippen molar-refractivity contribution in [3.8, 4) is 0 Å². The normalized spacial score (nSPS) is 9.54. The summed E-state index contributed by atoms with van der Waals surface area (Å²) < 4.78 is 0. The van der Waals surface area contributed by atoms with Crippen LogP contribution in [-0.2, 0) is 0 Å². The molecule has 1 rings (SSSR count). The van der Waals surface area contributed by atoms with Crippen LogP contribution in [0.15, 0.2) is 18.2 Å². The quantitative estimate of drug-likeness (QED) is 0.377. The highest BCUT2D eigenvalue weighted by molar-refractivity contribution is 5.92. The third-order valence-electron chi connectivity index (χ3n) is 1.47. The molecule has 0 aliphatic rings. The van der Waals surface area contributed by atoms with Crippen LogP contribution in [0.1, 0.15) is 10.4 Å². The summed E-state index contributed by atoms with van der Waals surface area (Å²) >= 11 is 0. The standard InChI is InChI=1S/C7H6N2O4/c8-6-3-4(9(12)13)1-2-5(6)7(10)11/h1-3H,8H2,(H,10,11)/p-1. The molecule has 2 N–H and O–H groups in total. The van der Waals surface area contributed by atoms with Gasteiger partial charge in [0.05, 0.1) is 10.9 Å². The Bertz CT molecular complexity index is 375. The number of nitrogens with two attached hydrogens (primary N) is 1. The minimum Gasteiger partial charge on any atom is -0.545 e. The summed E-state index contributed by atoms with van der Waals surface area (Å²) in [7, 11) is 0. The van der Waals surface area contributed by atoms with Crippen LogP contribution >= 0.6 is 0 Å². The van der Waals surface area contributed by atoms with Crippen molar-refractivity contribution in [2.24, 2.45) is 0 Å². The molecule has 6 nitrogen and oxygen atoms in total. The van der Waals surface area contributed by atoms with Gasteiger partial charge in [-0.3, -0.25) is 10.1 Å². The van der Waals surface area contributed by atoms with Crippen molar-refractivity contribution in [2.45, 2.75) is 0 Å². The first kappa shape index (κ1) is 8.98. The molecule has 0 heterocycles. The summed E-state index contributed by atoms with van der Waals surface area (Å²) in [6.07, 6.45) is 0. The number of anilines is 1. The Kier molecular flexibility index (Phi) is 2.14. The molecule has 0 bridgehead atoms. The van der Waals surface area contributed by atoms with E-state index in [9.17, 15) is 20.0 Å². The molecule has 0 fully saturated rings. The average Bonchev–Trinajstić information content (AvgIpc) is 2.03. The molecule has 68 valence electrons. The van der Waals surface area contributed by atoms with Crippen molar-refractivity contribution in [1.29, 1.82) is 0 Å². The van der Waals surface area contributed by atoms with E-state index in [0.29, 0.717) is 0 Å². The average molecular weight is 181 g/mol. The molecule has 0 aliphatic heterocycles.